The smallest absolute Gasteiger partial charge is 0.308 e. The van der Waals surface area contributed by atoms with Crippen LogP contribution >= 0.6 is 0 Å². The average molecular weight is 377 g/mol. The lowest BCUT2D eigenvalue weighted by Crippen LogP contribution is -2.48. The van der Waals surface area contributed by atoms with Crippen LogP contribution in [0.4, 0.5) is 5.69 Å². The minimum Gasteiger partial charge on any atom is -0.461 e. The van der Waals surface area contributed by atoms with Crippen LogP contribution in [0.3, 0.4) is 0 Å². The fraction of sp³-hybridized carbons (Fsp3) is 0.474. The minimum absolute atomic E-state index is 0.101. The van der Waals surface area contributed by atoms with E-state index in [1.165, 1.54) is 0 Å². The molecular weight excluding hydrogens is 350 g/mol. The van der Waals surface area contributed by atoms with Gasteiger partial charge in [-0.15, -0.1) is 0 Å². The zero-order valence-corrected chi connectivity index (χ0v) is 16.1. The Balaban J connectivity index is 2.47. The van der Waals surface area contributed by atoms with E-state index < -0.39 is 17.9 Å². The van der Waals surface area contributed by atoms with E-state index in [1.807, 2.05) is 0 Å². The molecule has 1 rings (SSSR count). The van der Waals surface area contributed by atoms with Crippen LogP contribution in [-0.4, -0.2) is 36.8 Å². The van der Waals surface area contributed by atoms with E-state index in [-0.39, 0.29) is 31.0 Å². The first-order chi connectivity index (χ1) is 12.7. The van der Waals surface area contributed by atoms with E-state index in [2.05, 4.69) is 16.0 Å². The van der Waals surface area contributed by atoms with Gasteiger partial charge < -0.3 is 20.7 Å². The zero-order chi connectivity index (χ0) is 20.4. The SMILES string of the molecule is CC(C)C(=O)OCc1ccc(NC(=O)CNC(=O)C(NC=O)C(C)C)cc1. The van der Waals surface area contributed by atoms with Crippen molar-refractivity contribution in [1.29, 1.82) is 0 Å². The summed E-state index contributed by atoms with van der Waals surface area (Å²) in [6.07, 6.45) is 0.463. The Morgan fingerprint density at radius 1 is 1.07 bits per heavy atom. The van der Waals surface area contributed by atoms with Gasteiger partial charge in [0.1, 0.15) is 12.6 Å². The third-order valence-corrected chi connectivity index (χ3v) is 3.71. The van der Waals surface area contributed by atoms with Crippen molar-refractivity contribution in [3.63, 3.8) is 0 Å². The number of carbonyl (C=O) groups excluding carboxylic acids is 4. The Morgan fingerprint density at radius 3 is 2.22 bits per heavy atom. The van der Waals surface area contributed by atoms with Gasteiger partial charge in [0.25, 0.3) is 0 Å². The number of esters is 1. The summed E-state index contributed by atoms with van der Waals surface area (Å²) >= 11 is 0. The van der Waals surface area contributed by atoms with Crippen LogP contribution in [-0.2, 0) is 30.5 Å². The van der Waals surface area contributed by atoms with Crippen molar-refractivity contribution < 1.29 is 23.9 Å². The molecule has 0 aromatic heterocycles. The molecule has 0 saturated heterocycles. The molecule has 0 saturated carbocycles. The molecule has 27 heavy (non-hydrogen) atoms. The number of hydrogen-bond donors (Lipinski definition) is 3. The molecule has 1 aromatic rings. The standard InChI is InChI=1S/C19H27N3O5/c1-12(2)17(21-11-23)18(25)20-9-16(24)22-15-7-5-14(6-8-15)10-27-19(26)13(3)4/h5-8,11-13,17H,9-10H2,1-4H3,(H,20,25)(H,21,23)(H,22,24). The summed E-state index contributed by atoms with van der Waals surface area (Å²) in [5, 5.41) is 7.58. The highest BCUT2D eigenvalue weighted by molar-refractivity contribution is 5.95. The second kappa shape index (κ2) is 10.9. The maximum atomic E-state index is 12.0. The summed E-state index contributed by atoms with van der Waals surface area (Å²) in [7, 11) is 0. The van der Waals surface area contributed by atoms with Crippen LogP contribution in [0.1, 0.15) is 33.3 Å². The first-order valence-corrected chi connectivity index (χ1v) is 8.77. The predicted octanol–water partition coefficient (Wildman–Crippen LogP) is 1.21. The van der Waals surface area contributed by atoms with Crippen molar-refractivity contribution >= 4 is 29.9 Å². The Kier molecular flexibility index (Phi) is 8.98. The Hall–Kier alpha value is -2.90. The summed E-state index contributed by atoms with van der Waals surface area (Å²) < 4.78 is 5.13. The molecule has 0 aliphatic heterocycles. The van der Waals surface area contributed by atoms with E-state index in [4.69, 9.17) is 4.74 Å². The van der Waals surface area contributed by atoms with Crippen LogP contribution in [0, 0.1) is 11.8 Å². The first-order valence-electron chi connectivity index (χ1n) is 8.77. The molecule has 0 spiro atoms. The molecule has 148 valence electrons. The Bertz CT molecular complexity index is 656. The van der Waals surface area contributed by atoms with E-state index >= 15 is 0 Å². The third kappa shape index (κ3) is 7.89. The van der Waals surface area contributed by atoms with Crippen LogP contribution in [0.15, 0.2) is 24.3 Å². The number of anilines is 1. The molecule has 3 N–H and O–H groups in total. The molecular formula is C19H27N3O5. The maximum absolute atomic E-state index is 12.0. The van der Waals surface area contributed by atoms with Gasteiger partial charge in [-0.2, -0.15) is 0 Å². The summed E-state index contributed by atoms with van der Waals surface area (Å²) in [4.78, 5) is 46.0. The highest BCUT2D eigenvalue weighted by Crippen LogP contribution is 2.11. The summed E-state index contributed by atoms with van der Waals surface area (Å²) in [6.45, 7) is 7.07. The number of nitrogens with one attached hydrogen (secondary N) is 3. The summed E-state index contributed by atoms with van der Waals surface area (Å²) in [6, 6.07) is 6.16. The number of hydrogen-bond acceptors (Lipinski definition) is 5. The van der Waals surface area contributed by atoms with Gasteiger partial charge in [0.15, 0.2) is 0 Å². The van der Waals surface area contributed by atoms with Crippen LogP contribution in [0.25, 0.3) is 0 Å². The van der Waals surface area contributed by atoms with Gasteiger partial charge in [0, 0.05) is 5.69 Å². The van der Waals surface area contributed by atoms with Crippen LogP contribution in [0.2, 0.25) is 0 Å². The lowest BCUT2D eigenvalue weighted by Gasteiger charge is -2.19. The van der Waals surface area contributed by atoms with Gasteiger partial charge in [0.2, 0.25) is 18.2 Å². The summed E-state index contributed by atoms with van der Waals surface area (Å²) in [5.41, 5.74) is 1.36. The fourth-order valence-electron chi connectivity index (χ4n) is 2.13. The topological polar surface area (TPSA) is 114 Å². The highest BCUT2D eigenvalue weighted by Gasteiger charge is 2.21. The molecule has 3 amide bonds. The molecule has 8 nitrogen and oxygen atoms in total. The quantitative estimate of drug-likeness (QED) is 0.419. The largest absolute Gasteiger partial charge is 0.461 e. The minimum atomic E-state index is -0.692. The maximum Gasteiger partial charge on any atom is 0.308 e. The van der Waals surface area contributed by atoms with Gasteiger partial charge in [-0.3, -0.25) is 19.2 Å². The number of ether oxygens (including phenoxy) is 1. The lowest BCUT2D eigenvalue weighted by molar-refractivity contribution is -0.148. The lowest BCUT2D eigenvalue weighted by atomic mass is 10.0. The van der Waals surface area contributed by atoms with Crippen molar-refractivity contribution in [1.82, 2.24) is 10.6 Å². The molecule has 0 aliphatic rings. The van der Waals surface area contributed by atoms with E-state index in [0.717, 1.165) is 5.56 Å². The Labute approximate surface area is 159 Å². The Morgan fingerprint density at radius 2 is 1.70 bits per heavy atom. The van der Waals surface area contributed by atoms with Crippen LogP contribution < -0.4 is 16.0 Å². The van der Waals surface area contributed by atoms with Crippen molar-refractivity contribution in [2.75, 3.05) is 11.9 Å². The van der Waals surface area contributed by atoms with E-state index in [1.54, 1.807) is 52.0 Å². The molecule has 0 aliphatic carbocycles. The fourth-order valence-corrected chi connectivity index (χ4v) is 2.13. The molecule has 1 atom stereocenters. The molecule has 0 bridgehead atoms. The highest BCUT2D eigenvalue weighted by atomic mass is 16.5. The molecule has 0 fully saturated rings. The number of carbonyl (C=O) groups is 4. The molecule has 8 heteroatoms. The first kappa shape index (κ1) is 22.1. The molecule has 0 radical (unpaired) electrons. The van der Waals surface area contributed by atoms with Gasteiger partial charge in [-0.1, -0.05) is 39.8 Å². The summed E-state index contributed by atoms with van der Waals surface area (Å²) in [5.74, 6) is -1.37. The second-order valence-corrected chi connectivity index (χ2v) is 6.73. The monoisotopic (exact) mass is 377 g/mol. The number of amides is 3. The van der Waals surface area contributed by atoms with Crippen LogP contribution in [0.5, 0.6) is 0 Å². The van der Waals surface area contributed by atoms with E-state index in [9.17, 15) is 19.2 Å². The van der Waals surface area contributed by atoms with Crippen molar-refractivity contribution in [3.05, 3.63) is 29.8 Å². The van der Waals surface area contributed by atoms with Crippen molar-refractivity contribution in [2.45, 2.75) is 40.3 Å². The molecule has 1 aromatic carbocycles. The van der Waals surface area contributed by atoms with Crippen molar-refractivity contribution in [3.8, 4) is 0 Å². The van der Waals surface area contributed by atoms with Gasteiger partial charge in [-0.05, 0) is 23.6 Å². The van der Waals surface area contributed by atoms with Gasteiger partial charge >= 0.3 is 5.97 Å². The van der Waals surface area contributed by atoms with Gasteiger partial charge in [0.05, 0.1) is 12.5 Å². The third-order valence-electron chi connectivity index (χ3n) is 3.71. The number of benzene rings is 1. The molecule has 0 heterocycles. The predicted molar refractivity (Wildman–Crippen MR) is 101 cm³/mol. The van der Waals surface area contributed by atoms with E-state index in [0.29, 0.717) is 12.1 Å². The zero-order valence-electron chi connectivity index (χ0n) is 16.1. The molecule has 1 unspecified atom stereocenters. The van der Waals surface area contributed by atoms with Gasteiger partial charge in [-0.25, -0.2) is 0 Å². The van der Waals surface area contributed by atoms with Crippen molar-refractivity contribution in [2.24, 2.45) is 11.8 Å². The average Bonchev–Trinajstić information content (AvgIpc) is 2.62. The second-order valence-electron chi connectivity index (χ2n) is 6.73. The normalized spacial score (nSPS) is 11.6. The number of rotatable bonds is 10.